The Bertz CT molecular complexity index is 862. The Labute approximate surface area is 153 Å². The van der Waals surface area contributed by atoms with E-state index in [-0.39, 0.29) is 18.0 Å². The summed E-state index contributed by atoms with van der Waals surface area (Å²) < 4.78 is 7.08. The molecule has 0 unspecified atom stereocenters. The molecule has 0 saturated carbocycles. The first-order valence-electron chi connectivity index (χ1n) is 8.62. The first-order chi connectivity index (χ1) is 12.4. The van der Waals surface area contributed by atoms with Crippen LogP contribution in [-0.4, -0.2) is 21.0 Å². The van der Waals surface area contributed by atoms with Crippen molar-refractivity contribution < 1.29 is 9.53 Å². The van der Waals surface area contributed by atoms with Gasteiger partial charge in [-0.05, 0) is 28.7 Å². The standard InChI is InChI=1S/C21H23N3O2/c1-21(2,3)18-11-9-17(10-12-18)20(25)26-15-19-14-24(23-22-19)13-16-7-5-4-6-8-16/h4-12,14H,13,15H2,1-3H3. The van der Waals surface area contributed by atoms with Crippen molar-refractivity contribution >= 4 is 5.97 Å². The molecule has 3 rings (SSSR count). The Morgan fingerprint density at radius 2 is 1.73 bits per heavy atom. The monoisotopic (exact) mass is 349 g/mol. The maximum absolute atomic E-state index is 12.2. The van der Waals surface area contributed by atoms with E-state index in [2.05, 4.69) is 31.1 Å². The lowest BCUT2D eigenvalue weighted by Crippen LogP contribution is -2.12. The highest BCUT2D eigenvalue weighted by Gasteiger charge is 2.15. The highest BCUT2D eigenvalue weighted by molar-refractivity contribution is 5.89. The van der Waals surface area contributed by atoms with Crippen LogP contribution in [0.25, 0.3) is 0 Å². The zero-order valence-electron chi connectivity index (χ0n) is 15.3. The topological polar surface area (TPSA) is 57.0 Å². The van der Waals surface area contributed by atoms with Crippen LogP contribution in [-0.2, 0) is 23.3 Å². The molecule has 0 saturated heterocycles. The number of benzene rings is 2. The van der Waals surface area contributed by atoms with Gasteiger partial charge in [0.05, 0.1) is 18.3 Å². The second-order valence-electron chi connectivity index (χ2n) is 7.30. The molecule has 0 fully saturated rings. The van der Waals surface area contributed by atoms with Gasteiger partial charge in [-0.3, -0.25) is 0 Å². The first-order valence-corrected chi connectivity index (χ1v) is 8.62. The van der Waals surface area contributed by atoms with E-state index in [1.54, 1.807) is 23.0 Å². The molecular weight excluding hydrogens is 326 g/mol. The molecular formula is C21H23N3O2. The molecule has 0 aliphatic rings. The molecule has 0 aliphatic heterocycles. The van der Waals surface area contributed by atoms with Crippen LogP contribution in [0.5, 0.6) is 0 Å². The van der Waals surface area contributed by atoms with Crippen molar-refractivity contribution in [3.05, 3.63) is 83.2 Å². The smallest absolute Gasteiger partial charge is 0.338 e. The van der Waals surface area contributed by atoms with Crippen LogP contribution >= 0.6 is 0 Å². The maximum Gasteiger partial charge on any atom is 0.338 e. The van der Waals surface area contributed by atoms with E-state index in [9.17, 15) is 4.79 Å². The Kier molecular flexibility index (Phi) is 5.16. The highest BCUT2D eigenvalue weighted by Crippen LogP contribution is 2.22. The van der Waals surface area contributed by atoms with Gasteiger partial charge in [-0.1, -0.05) is 68.4 Å². The molecule has 0 atom stereocenters. The minimum absolute atomic E-state index is 0.0552. The predicted octanol–water partition coefficient (Wildman–Crippen LogP) is 3.98. The highest BCUT2D eigenvalue weighted by atomic mass is 16.5. The summed E-state index contributed by atoms with van der Waals surface area (Å²) in [6, 6.07) is 17.5. The third-order valence-corrected chi connectivity index (χ3v) is 4.11. The molecule has 0 N–H and O–H groups in total. The van der Waals surface area contributed by atoms with Gasteiger partial charge in [0.15, 0.2) is 0 Å². The summed E-state index contributed by atoms with van der Waals surface area (Å²) in [6.45, 7) is 7.15. The maximum atomic E-state index is 12.2. The molecule has 1 aromatic heterocycles. The van der Waals surface area contributed by atoms with Gasteiger partial charge >= 0.3 is 5.97 Å². The molecule has 0 spiro atoms. The number of aromatic nitrogens is 3. The Morgan fingerprint density at radius 1 is 1.04 bits per heavy atom. The van der Waals surface area contributed by atoms with Gasteiger partial charge in [-0.25, -0.2) is 9.48 Å². The molecule has 5 nitrogen and oxygen atoms in total. The number of rotatable bonds is 5. The van der Waals surface area contributed by atoms with Gasteiger partial charge in [0.2, 0.25) is 0 Å². The number of nitrogens with zero attached hydrogens (tertiary/aromatic N) is 3. The lowest BCUT2D eigenvalue weighted by molar-refractivity contribution is 0.0467. The number of esters is 1. The van der Waals surface area contributed by atoms with E-state index in [4.69, 9.17) is 4.74 Å². The van der Waals surface area contributed by atoms with Crippen LogP contribution in [0, 0.1) is 0 Å². The molecule has 0 amide bonds. The van der Waals surface area contributed by atoms with Gasteiger partial charge < -0.3 is 4.74 Å². The third-order valence-electron chi connectivity index (χ3n) is 4.11. The third kappa shape index (κ3) is 4.57. The van der Waals surface area contributed by atoms with Crippen LogP contribution in [0.4, 0.5) is 0 Å². The average Bonchev–Trinajstić information content (AvgIpc) is 3.07. The van der Waals surface area contributed by atoms with Crippen LogP contribution in [0.1, 0.15) is 48.0 Å². The molecule has 5 heteroatoms. The lowest BCUT2D eigenvalue weighted by atomic mass is 9.87. The second-order valence-corrected chi connectivity index (χ2v) is 7.30. The van der Waals surface area contributed by atoms with Crippen molar-refractivity contribution in [2.45, 2.75) is 39.3 Å². The van der Waals surface area contributed by atoms with Gasteiger partial charge in [-0.15, -0.1) is 5.10 Å². The Morgan fingerprint density at radius 3 is 2.38 bits per heavy atom. The van der Waals surface area contributed by atoms with Crippen molar-refractivity contribution in [2.24, 2.45) is 0 Å². The van der Waals surface area contributed by atoms with E-state index in [0.29, 0.717) is 17.8 Å². The van der Waals surface area contributed by atoms with Crippen LogP contribution < -0.4 is 0 Å². The quantitative estimate of drug-likeness (QED) is 0.654. The fourth-order valence-corrected chi connectivity index (χ4v) is 2.58. The molecule has 0 bridgehead atoms. The predicted molar refractivity (Wildman–Crippen MR) is 99.8 cm³/mol. The number of ether oxygens (including phenoxy) is 1. The second kappa shape index (κ2) is 7.52. The lowest BCUT2D eigenvalue weighted by Gasteiger charge is -2.18. The normalized spacial score (nSPS) is 11.3. The largest absolute Gasteiger partial charge is 0.455 e. The van der Waals surface area contributed by atoms with E-state index < -0.39 is 0 Å². The molecule has 3 aromatic rings. The molecule has 1 heterocycles. The molecule has 0 aliphatic carbocycles. The minimum atomic E-state index is -0.358. The van der Waals surface area contributed by atoms with E-state index in [1.807, 2.05) is 42.5 Å². The fraction of sp³-hybridized carbons (Fsp3) is 0.286. The number of carbonyl (C=O) groups is 1. The van der Waals surface area contributed by atoms with Gasteiger partial charge in [0.1, 0.15) is 12.3 Å². The summed E-state index contributed by atoms with van der Waals surface area (Å²) in [4.78, 5) is 12.2. The number of carbonyl (C=O) groups excluding carboxylic acids is 1. The zero-order chi connectivity index (χ0) is 18.6. The van der Waals surface area contributed by atoms with Crippen molar-refractivity contribution in [1.82, 2.24) is 15.0 Å². The summed E-state index contributed by atoms with van der Waals surface area (Å²) in [5.41, 5.74) is 3.53. The number of hydrogen-bond donors (Lipinski definition) is 0. The molecule has 0 radical (unpaired) electrons. The van der Waals surface area contributed by atoms with Gasteiger partial charge in [-0.2, -0.15) is 0 Å². The summed E-state index contributed by atoms with van der Waals surface area (Å²) in [5.74, 6) is -0.358. The molecule has 134 valence electrons. The summed E-state index contributed by atoms with van der Waals surface area (Å²) in [7, 11) is 0. The van der Waals surface area contributed by atoms with Crippen molar-refractivity contribution in [2.75, 3.05) is 0 Å². The van der Waals surface area contributed by atoms with Crippen molar-refractivity contribution in [1.29, 1.82) is 0 Å². The van der Waals surface area contributed by atoms with Crippen molar-refractivity contribution in [3.8, 4) is 0 Å². The zero-order valence-corrected chi connectivity index (χ0v) is 15.3. The molecule has 26 heavy (non-hydrogen) atoms. The summed E-state index contributed by atoms with van der Waals surface area (Å²) in [6.07, 6.45) is 1.79. The Balaban J connectivity index is 1.56. The Hall–Kier alpha value is -2.95. The van der Waals surface area contributed by atoms with E-state index in [0.717, 1.165) is 5.56 Å². The van der Waals surface area contributed by atoms with E-state index >= 15 is 0 Å². The van der Waals surface area contributed by atoms with Crippen LogP contribution in [0.3, 0.4) is 0 Å². The first kappa shape index (κ1) is 17.9. The van der Waals surface area contributed by atoms with Crippen LogP contribution in [0.15, 0.2) is 60.8 Å². The average molecular weight is 349 g/mol. The van der Waals surface area contributed by atoms with Gasteiger partial charge in [0.25, 0.3) is 0 Å². The van der Waals surface area contributed by atoms with Gasteiger partial charge in [0, 0.05) is 0 Å². The fourth-order valence-electron chi connectivity index (χ4n) is 2.58. The minimum Gasteiger partial charge on any atom is -0.455 e. The SMILES string of the molecule is CC(C)(C)c1ccc(C(=O)OCc2cn(Cc3ccccc3)nn2)cc1. The van der Waals surface area contributed by atoms with Crippen LogP contribution in [0.2, 0.25) is 0 Å². The molecule has 2 aromatic carbocycles. The van der Waals surface area contributed by atoms with E-state index in [1.165, 1.54) is 5.56 Å². The number of hydrogen-bond acceptors (Lipinski definition) is 4. The van der Waals surface area contributed by atoms with Crippen molar-refractivity contribution in [3.63, 3.8) is 0 Å². The summed E-state index contributed by atoms with van der Waals surface area (Å²) >= 11 is 0. The summed E-state index contributed by atoms with van der Waals surface area (Å²) in [5, 5.41) is 8.14.